The molecule has 100 valence electrons. The van der Waals surface area contributed by atoms with Gasteiger partial charge in [0, 0.05) is 37.0 Å². The molecule has 6 nitrogen and oxygen atoms in total. The summed E-state index contributed by atoms with van der Waals surface area (Å²) in [6.45, 7) is 2.55. The lowest BCUT2D eigenvalue weighted by atomic mass is 10.2. The van der Waals surface area contributed by atoms with Crippen LogP contribution < -0.4 is 10.2 Å². The first-order valence-electron chi connectivity index (χ1n) is 6.30. The maximum atomic E-state index is 10.6. The predicted molar refractivity (Wildman–Crippen MR) is 71.9 cm³/mol. The van der Waals surface area contributed by atoms with Crippen molar-refractivity contribution in [1.82, 2.24) is 5.32 Å². The van der Waals surface area contributed by atoms with Gasteiger partial charge in [-0.2, -0.15) is 5.26 Å². The highest BCUT2D eigenvalue weighted by atomic mass is 16.6. The van der Waals surface area contributed by atoms with Gasteiger partial charge in [-0.1, -0.05) is 0 Å². The van der Waals surface area contributed by atoms with Crippen LogP contribution in [0.1, 0.15) is 12.8 Å². The molecule has 1 aliphatic heterocycles. The third-order valence-corrected chi connectivity index (χ3v) is 3.24. The fourth-order valence-corrected chi connectivity index (χ4v) is 2.26. The second-order valence-corrected chi connectivity index (χ2v) is 4.59. The van der Waals surface area contributed by atoms with Crippen LogP contribution in [0.2, 0.25) is 0 Å². The molecule has 1 unspecified atom stereocenters. The molecule has 1 fully saturated rings. The largest absolute Gasteiger partial charge is 0.370 e. The maximum Gasteiger partial charge on any atom is 0.269 e. The fraction of sp³-hybridized carbons (Fsp3) is 0.462. The molecule has 1 aliphatic rings. The van der Waals surface area contributed by atoms with Crippen molar-refractivity contribution < 1.29 is 4.92 Å². The quantitative estimate of drug-likeness (QED) is 0.660. The first-order valence-corrected chi connectivity index (χ1v) is 6.30. The number of hydrogen-bond donors (Lipinski definition) is 1. The predicted octanol–water partition coefficient (Wildman–Crippen LogP) is 1.68. The molecule has 0 radical (unpaired) electrons. The highest BCUT2D eigenvalue weighted by Gasteiger charge is 2.18. The Hall–Kier alpha value is -2.13. The molecule has 6 heteroatoms. The molecule has 0 spiro atoms. The fourth-order valence-electron chi connectivity index (χ4n) is 2.26. The van der Waals surface area contributed by atoms with Gasteiger partial charge >= 0.3 is 0 Å². The number of nitro benzene ring substituents is 1. The van der Waals surface area contributed by atoms with Crippen molar-refractivity contribution in [1.29, 1.82) is 5.26 Å². The lowest BCUT2D eigenvalue weighted by Crippen LogP contribution is -2.37. The summed E-state index contributed by atoms with van der Waals surface area (Å²) in [7, 11) is 0. The van der Waals surface area contributed by atoms with Gasteiger partial charge in [0.05, 0.1) is 17.4 Å². The van der Waals surface area contributed by atoms with Gasteiger partial charge in [0.25, 0.3) is 5.69 Å². The van der Waals surface area contributed by atoms with E-state index in [9.17, 15) is 10.1 Å². The van der Waals surface area contributed by atoms with Crippen molar-refractivity contribution in [2.75, 3.05) is 24.5 Å². The van der Waals surface area contributed by atoms with Crippen molar-refractivity contribution in [3.8, 4) is 6.07 Å². The van der Waals surface area contributed by atoms with Crippen LogP contribution in [-0.2, 0) is 0 Å². The van der Waals surface area contributed by atoms with Crippen molar-refractivity contribution in [2.24, 2.45) is 0 Å². The van der Waals surface area contributed by atoms with Crippen LogP contribution in [-0.4, -0.2) is 30.6 Å². The zero-order valence-corrected chi connectivity index (χ0v) is 10.6. The highest BCUT2D eigenvalue weighted by Crippen LogP contribution is 2.21. The van der Waals surface area contributed by atoms with Crippen LogP contribution in [0.3, 0.4) is 0 Å². The molecule has 1 heterocycles. The number of nitriles is 1. The summed E-state index contributed by atoms with van der Waals surface area (Å²) in [4.78, 5) is 12.4. The maximum absolute atomic E-state index is 10.6. The molecular formula is C13H16N4O2. The van der Waals surface area contributed by atoms with E-state index in [4.69, 9.17) is 5.26 Å². The Bertz CT molecular complexity index is 480. The topological polar surface area (TPSA) is 82.2 Å². The van der Waals surface area contributed by atoms with Crippen LogP contribution in [0.4, 0.5) is 11.4 Å². The normalized spacial score (nSPS) is 19.5. The van der Waals surface area contributed by atoms with E-state index in [2.05, 4.69) is 16.3 Å². The van der Waals surface area contributed by atoms with E-state index in [1.54, 1.807) is 12.1 Å². The molecule has 0 saturated carbocycles. The minimum atomic E-state index is -0.397. The number of non-ortho nitro benzene ring substituents is 1. The van der Waals surface area contributed by atoms with E-state index < -0.39 is 4.92 Å². The first kappa shape index (κ1) is 13.3. The van der Waals surface area contributed by atoms with Crippen molar-refractivity contribution in [2.45, 2.75) is 18.9 Å². The van der Waals surface area contributed by atoms with Crippen molar-refractivity contribution in [3.63, 3.8) is 0 Å². The Morgan fingerprint density at radius 2 is 2.21 bits per heavy atom. The van der Waals surface area contributed by atoms with E-state index >= 15 is 0 Å². The number of hydrogen-bond acceptors (Lipinski definition) is 5. The van der Waals surface area contributed by atoms with Crippen LogP contribution >= 0.6 is 0 Å². The summed E-state index contributed by atoms with van der Waals surface area (Å²) in [6.07, 6.45) is 1.47. The van der Waals surface area contributed by atoms with Gasteiger partial charge in [0.1, 0.15) is 0 Å². The molecule has 2 rings (SSSR count). The molecule has 1 aromatic carbocycles. The SMILES string of the molecule is N#CCC1CN(c2ccc([N+](=O)[O-])cc2)CCCN1. The third-order valence-electron chi connectivity index (χ3n) is 3.24. The van der Waals surface area contributed by atoms with Crippen molar-refractivity contribution >= 4 is 11.4 Å². The second-order valence-electron chi connectivity index (χ2n) is 4.59. The van der Waals surface area contributed by atoms with Gasteiger partial charge in [-0.3, -0.25) is 10.1 Å². The standard InChI is InChI=1S/C13H16N4O2/c14-7-6-11-10-16(9-1-8-15-11)12-2-4-13(5-3-12)17(18)19/h2-5,11,15H,1,6,8-10H2. The molecule has 19 heavy (non-hydrogen) atoms. The number of nitrogens with zero attached hydrogens (tertiary/aromatic N) is 3. The molecule has 0 aliphatic carbocycles. The molecule has 1 aromatic rings. The second kappa shape index (κ2) is 6.16. The van der Waals surface area contributed by atoms with Crippen molar-refractivity contribution in [3.05, 3.63) is 34.4 Å². The monoisotopic (exact) mass is 260 g/mol. The Morgan fingerprint density at radius 3 is 2.84 bits per heavy atom. The Morgan fingerprint density at radius 1 is 1.47 bits per heavy atom. The molecule has 0 aromatic heterocycles. The lowest BCUT2D eigenvalue weighted by molar-refractivity contribution is -0.384. The van der Waals surface area contributed by atoms with E-state index in [0.29, 0.717) is 6.42 Å². The summed E-state index contributed by atoms with van der Waals surface area (Å²) in [5.41, 5.74) is 1.07. The van der Waals surface area contributed by atoms with E-state index in [1.807, 2.05) is 0 Å². The van der Waals surface area contributed by atoms with Gasteiger partial charge in [0.15, 0.2) is 0 Å². The number of nitro groups is 1. The molecule has 1 atom stereocenters. The summed E-state index contributed by atoms with van der Waals surface area (Å²) in [6, 6.07) is 8.92. The van der Waals surface area contributed by atoms with Gasteiger partial charge in [0.2, 0.25) is 0 Å². The lowest BCUT2D eigenvalue weighted by Gasteiger charge is -2.25. The Kier molecular flexibility index (Phi) is 4.31. The average molecular weight is 260 g/mol. The van der Waals surface area contributed by atoms with Gasteiger partial charge in [-0.25, -0.2) is 0 Å². The minimum Gasteiger partial charge on any atom is -0.370 e. The zero-order chi connectivity index (χ0) is 13.7. The first-order chi connectivity index (χ1) is 9.20. The van der Waals surface area contributed by atoms with Crippen LogP contribution in [0.5, 0.6) is 0 Å². The number of rotatable bonds is 3. The smallest absolute Gasteiger partial charge is 0.269 e. The van der Waals surface area contributed by atoms with Gasteiger partial charge in [-0.15, -0.1) is 0 Å². The summed E-state index contributed by atoms with van der Waals surface area (Å²) in [5.74, 6) is 0. The number of nitrogens with one attached hydrogen (secondary N) is 1. The molecule has 0 bridgehead atoms. The number of anilines is 1. The Labute approximate surface area is 111 Å². The minimum absolute atomic E-state index is 0.102. The van der Waals surface area contributed by atoms with E-state index in [1.165, 1.54) is 12.1 Å². The molecule has 1 N–H and O–H groups in total. The summed E-state index contributed by atoms with van der Waals surface area (Å²) in [5, 5.41) is 22.7. The highest BCUT2D eigenvalue weighted by molar-refractivity contribution is 5.51. The average Bonchev–Trinajstić information content (AvgIpc) is 2.65. The third kappa shape index (κ3) is 3.42. The van der Waals surface area contributed by atoms with Gasteiger partial charge < -0.3 is 10.2 Å². The summed E-state index contributed by atoms with van der Waals surface area (Å²) < 4.78 is 0. The zero-order valence-electron chi connectivity index (χ0n) is 10.6. The molecular weight excluding hydrogens is 244 g/mol. The van der Waals surface area contributed by atoms with E-state index in [-0.39, 0.29) is 11.7 Å². The van der Waals surface area contributed by atoms with Gasteiger partial charge in [-0.05, 0) is 25.1 Å². The van der Waals surface area contributed by atoms with Crippen LogP contribution in [0, 0.1) is 21.4 Å². The van der Waals surface area contributed by atoms with Crippen LogP contribution in [0.15, 0.2) is 24.3 Å². The van der Waals surface area contributed by atoms with Crippen LogP contribution in [0.25, 0.3) is 0 Å². The summed E-state index contributed by atoms with van der Waals surface area (Å²) >= 11 is 0. The Balaban J connectivity index is 2.10. The molecule has 1 saturated heterocycles. The molecule has 0 amide bonds. The van der Waals surface area contributed by atoms with E-state index in [0.717, 1.165) is 31.7 Å². The number of benzene rings is 1.